The molecule has 0 bridgehead atoms. The second-order valence-electron chi connectivity index (χ2n) is 6.37. The molecule has 1 amide bonds. The van der Waals surface area contributed by atoms with Gasteiger partial charge in [-0.05, 0) is 38.3 Å². The molecule has 124 valence electrons. The van der Waals surface area contributed by atoms with E-state index in [0.717, 1.165) is 17.7 Å². The summed E-state index contributed by atoms with van der Waals surface area (Å²) < 4.78 is 0. The average Bonchev–Trinajstić information content (AvgIpc) is 3.02. The van der Waals surface area contributed by atoms with Crippen LogP contribution in [0.5, 0.6) is 0 Å². The minimum absolute atomic E-state index is 0.0827. The van der Waals surface area contributed by atoms with Gasteiger partial charge in [-0.2, -0.15) is 0 Å². The van der Waals surface area contributed by atoms with Gasteiger partial charge in [0.25, 0.3) is 0 Å². The van der Waals surface area contributed by atoms with E-state index in [4.69, 9.17) is 5.73 Å². The van der Waals surface area contributed by atoms with E-state index in [-0.39, 0.29) is 5.54 Å². The third kappa shape index (κ3) is 5.46. The van der Waals surface area contributed by atoms with Crippen LogP contribution >= 0.6 is 11.3 Å². The zero-order chi connectivity index (χ0) is 16.9. The summed E-state index contributed by atoms with van der Waals surface area (Å²) in [5.41, 5.74) is 6.92. The quantitative estimate of drug-likeness (QED) is 0.696. The van der Waals surface area contributed by atoms with Crippen LogP contribution in [0.15, 0.2) is 41.8 Å². The first-order valence-corrected chi connectivity index (χ1v) is 8.60. The molecule has 0 spiro atoms. The number of carbonyl (C=O) groups is 1. The Kier molecular flexibility index (Phi) is 5.93. The first-order chi connectivity index (χ1) is 10.9. The summed E-state index contributed by atoms with van der Waals surface area (Å²) in [5, 5.41) is 15.3. The number of nitrogens with one attached hydrogen (secondary N) is 1. The lowest BCUT2D eigenvalue weighted by molar-refractivity contribution is 0.100. The number of thiophene rings is 1. The zero-order valence-corrected chi connectivity index (χ0v) is 14.4. The Bertz CT molecular complexity index is 637. The lowest BCUT2D eigenvalue weighted by Crippen LogP contribution is -2.41. The maximum absolute atomic E-state index is 11.1. The van der Waals surface area contributed by atoms with Crippen molar-refractivity contribution in [1.29, 1.82) is 0 Å². The summed E-state index contributed by atoms with van der Waals surface area (Å²) in [5.74, 6) is -0.462. The van der Waals surface area contributed by atoms with Gasteiger partial charge in [-0.3, -0.25) is 4.79 Å². The molecule has 4 N–H and O–H groups in total. The molecule has 2 rings (SSSR count). The van der Waals surface area contributed by atoms with E-state index in [1.807, 2.05) is 18.2 Å². The summed E-state index contributed by atoms with van der Waals surface area (Å²) in [6.07, 6.45) is 1.33. The van der Waals surface area contributed by atoms with E-state index in [9.17, 15) is 9.90 Å². The highest BCUT2D eigenvalue weighted by molar-refractivity contribution is 7.10. The van der Waals surface area contributed by atoms with Crippen LogP contribution in [0.2, 0.25) is 0 Å². The van der Waals surface area contributed by atoms with Crippen molar-refractivity contribution in [2.75, 3.05) is 6.54 Å². The zero-order valence-electron chi connectivity index (χ0n) is 13.6. The number of rotatable bonds is 8. The lowest BCUT2D eigenvalue weighted by Gasteiger charge is -2.27. The largest absolute Gasteiger partial charge is 0.386 e. The summed E-state index contributed by atoms with van der Waals surface area (Å²) in [7, 11) is 0. The van der Waals surface area contributed by atoms with Crippen molar-refractivity contribution in [3.05, 3.63) is 57.8 Å². The summed E-state index contributed by atoms with van der Waals surface area (Å²) >= 11 is 1.36. The fraction of sp³-hybridized carbons (Fsp3) is 0.389. The van der Waals surface area contributed by atoms with Crippen LogP contribution < -0.4 is 11.1 Å². The van der Waals surface area contributed by atoms with Crippen LogP contribution in [-0.4, -0.2) is 23.1 Å². The predicted molar refractivity (Wildman–Crippen MR) is 94.6 cm³/mol. The molecule has 0 fully saturated rings. The molecule has 1 aromatic heterocycles. The highest BCUT2D eigenvalue weighted by Crippen LogP contribution is 2.23. The first-order valence-electron chi connectivity index (χ1n) is 7.73. The van der Waals surface area contributed by atoms with Gasteiger partial charge in [0.05, 0.1) is 5.56 Å². The molecule has 0 aliphatic heterocycles. The molecule has 0 saturated carbocycles. The van der Waals surface area contributed by atoms with Gasteiger partial charge in [0, 0.05) is 22.3 Å². The SMILES string of the molecule is CC(C)(CCc1ccccc1)NCC(O)c1cc(C(N)=O)cs1. The number of amides is 1. The highest BCUT2D eigenvalue weighted by Gasteiger charge is 2.20. The second-order valence-corrected chi connectivity index (χ2v) is 7.31. The van der Waals surface area contributed by atoms with Gasteiger partial charge in [-0.15, -0.1) is 11.3 Å². The van der Waals surface area contributed by atoms with Crippen LogP contribution in [0.3, 0.4) is 0 Å². The Balaban J connectivity index is 1.84. The molecule has 4 nitrogen and oxygen atoms in total. The molecular weight excluding hydrogens is 308 g/mol. The van der Waals surface area contributed by atoms with E-state index >= 15 is 0 Å². The van der Waals surface area contributed by atoms with Crippen molar-refractivity contribution in [2.45, 2.75) is 38.3 Å². The molecule has 1 aromatic carbocycles. The van der Waals surface area contributed by atoms with E-state index in [1.165, 1.54) is 16.9 Å². The Morgan fingerprint density at radius 1 is 1.35 bits per heavy atom. The third-order valence-electron chi connectivity index (χ3n) is 3.89. The molecule has 2 aromatic rings. The maximum atomic E-state index is 11.1. The van der Waals surface area contributed by atoms with Crippen molar-refractivity contribution in [1.82, 2.24) is 5.32 Å². The van der Waals surface area contributed by atoms with Crippen molar-refractivity contribution in [2.24, 2.45) is 5.73 Å². The van der Waals surface area contributed by atoms with Gasteiger partial charge in [-0.1, -0.05) is 30.3 Å². The van der Waals surface area contributed by atoms with Gasteiger partial charge in [0.1, 0.15) is 6.10 Å². The molecule has 1 atom stereocenters. The topological polar surface area (TPSA) is 75.3 Å². The minimum Gasteiger partial charge on any atom is -0.386 e. The number of aliphatic hydroxyl groups excluding tert-OH is 1. The lowest BCUT2D eigenvalue weighted by atomic mass is 9.95. The van der Waals surface area contributed by atoms with Crippen molar-refractivity contribution < 1.29 is 9.90 Å². The van der Waals surface area contributed by atoms with Gasteiger partial charge in [0.2, 0.25) is 5.91 Å². The van der Waals surface area contributed by atoms with Crippen LogP contribution in [0, 0.1) is 0 Å². The molecule has 1 heterocycles. The number of primary amides is 1. The fourth-order valence-electron chi connectivity index (χ4n) is 2.32. The Morgan fingerprint density at radius 3 is 2.65 bits per heavy atom. The smallest absolute Gasteiger partial charge is 0.249 e. The minimum atomic E-state index is -0.635. The Labute approximate surface area is 141 Å². The normalized spacial score (nSPS) is 13.0. The number of β-amino-alcohol motifs (C(OH)–C–C–N with tert-alkyl or cyclic N) is 1. The molecule has 0 aliphatic rings. The van der Waals surface area contributed by atoms with Crippen LogP contribution in [0.4, 0.5) is 0 Å². The van der Waals surface area contributed by atoms with Crippen LogP contribution in [-0.2, 0) is 6.42 Å². The van der Waals surface area contributed by atoms with E-state index < -0.39 is 12.0 Å². The summed E-state index contributed by atoms with van der Waals surface area (Å²) in [4.78, 5) is 11.9. The van der Waals surface area contributed by atoms with Crippen molar-refractivity contribution >= 4 is 17.2 Å². The highest BCUT2D eigenvalue weighted by atomic mass is 32.1. The maximum Gasteiger partial charge on any atom is 0.249 e. The summed E-state index contributed by atoms with van der Waals surface area (Å²) in [6, 6.07) is 12.0. The molecule has 1 unspecified atom stereocenters. The molecular formula is C18H24N2O2S. The number of aliphatic hydroxyl groups is 1. The molecule has 0 aliphatic carbocycles. The summed E-state index contributed by atoms with van der Waals surface area (Å²) in [6.45, 7) is 4.71. The number of benzene rings is 1. The molecule has 23 heavy (non-hydrogen) atoms. The average molecular weight is 332 g/mol. The van der Waals surface area contributed by atoms with Crippen LogP contribution in [0.1, 0.15) is 47.2 Å². The Morgan fingerprint density at radius 2 is 2.04 bits per heavy atom. The van der Waals surface area contributed by atoms with Gasteiger partial charge >= 0.3 is 0 Å². The van der Waals surface area contributed by atoms with Gasteiger partial charge in [0.15, 0.2) is 0 Å². The Hall–Kier alpha value is -1.69. The molecule has 0 radical (unpaired) electrons. The van der Waals surface area contributed by atoms with Crippen molar-refractivity contribution in [3.63, 3.8) is 0 Å². The number of aryl methyl sites for hydroxylation is 1. The van der Waals surface area contributed by atoms with Crippen LogP contribution in [0.25, 0.3) is 0 Å². The van der Waals surface area contributed by atoms with Gasteiger partial charge < -0.3 is 16.2 Å². The number of nitrogens with two attached hydrogens (primary N) is 1. The van der Waals surface area contributed by atoms with E-state index in [0.29, 0.717) is 12.1 Å². The third-order valence-corrected chi connectivity index (χ3v) is 4.92. The van der Waals surface area contributed by atoms with E-state index in [1.54, 1.807) is 11.4 Å². The number of carbonyl (C=O) groups excluding carboxylic acids is 1. The molecule has 0 saturated heterocycles. The van der Waals surface area contributed by atoms with Crippen molar-refractivity contribution in [3.8, 4) is 0 Å². The second kappa shape index (κ2) is 7.73. The predicted octanol–water partition coefficient (Wildman–Crippen LogP) is 2.88. The molecule has 5 heteroatoms. The number of hydrogen-bond donors (Lipinski definition) is 3. The van der Waals surface area contributed by atoms with Gasteiger partial charge in [-0.25, -0.2) is 0 Å². The number of hydrogen-bond acceptors (Lipinski definition) is 4. The first kappa shape index (κ1) is 17.7. The van der Waals surface area contributed by atoms with E-state index in [2.05, 4.69) is 31.3 Å². The fourth-order valence-corrected chi connectivity index (χ4v) is 3.20. The monoisotopic (exact) mass is 332 g/mol. The standard InChI is InChI=1S/C18H24N2O2S/c1-18(2,9-8-13-6-4-3-5-7-13)20-11-15(21)16-10-14(12-23-16)17(19)22/h3-7,10,12,15,20-21H,8-9,11H2,1-2H3,(H2,19,22).